The Labute approximate surface area is 147 Å². The first-order valence-corrected chi connectivity index (χ1v) is 7.09. The summed E-state index contributed by atoms with van der Waals surface area (Å²) in [5, 5.41) is 10.4. The average Bonchev–Trinajstić information content (AvgIpc) is 3.04. The average molecular weight is 359 g/mol. The molecule has 1 aliphatic heterocycles. The van der Waals surface area contributed by atoms with Gasteiger partial charge in [-0.2, -0.15) is 5.10 Å². The van der Waals surface area contributed by atoms with Crippen LogP contribution >= 0.6 is 24.8 Å². The lowest BCUT2D eigenvalue weighted by molar-refractivity contribution is 0.0919. The van der Waals surface area contributed by atoms with Gasteiger partial charge < -0.3 is 10.6 Å². The molecule has 2 aromatic heterocycles. The molecule has 2 atom stereocenters. The van der Waals surface area contributed by atoms with Gasteiger partial charge >= 0.3 is 0 Å². The Hall–Kier alpha value is -1.70. The SMILES string of the molecule is CC1NCCCC1NC(=O)c1ccc(-n2cncn2)nc1.Cl.Cl. The molecule has 23 heavy (non-hydrogen) atoms. The molecule has 0 radical (unpaired) electrons. The molecule has 1 saturated heterocycles. The topological polar surface area (TPSA) is 84.7 Å². The number of hydrogen-bond acceptors (Lipinski definition) is 5. The third-order valence-corrected chi connectivity index (χ3v) is 3.74. The Balaban J connectivity index is 0.00000132. The van der Waals surface area contributed by atoms with E-state index in [9.17, 15) is 4.79 Å². The van der Waals surface area contributed by atoms with Gasteiger partial charge in [-0.3, -0.25) is 4.79 Å². The maximum atomic E-state index is 12.2. The second-order valence-electron chi connectivity index (χ2n) is 5.21. The van der Waals surface area contributed by atoms with Gasteiger partial charge in [-0.15, -0.1) is 24.8 Å². The molecule has 9 heteroatoms. The van der Waals surface area contributed by atoms with Gasteiger partial charge in [0.05, 0.1) is 5.56 Å². The highest BCUT2D eigenvalue weighted by Gasteiger charge is 2.22. The second kappa shape index (κ2) is 8.81. The van der Waals surface area contributed by atoms with E-state index in [2.05, 4.69) is 32.6 Å². The monoisotopic (exact) mass is 358 g/mol. The summed E-state index contributed by atoms with van der Waals surface area (Å²) in [7, 11) is 0. The van der Waals surface area contributed by atoms with E-state index in [0.29, 0.717) is 17.4 Å². The number of carbonyl (C=O) groups excluding carboxylic acids is 1. The molecule has 7 nitrogen and oxygen atoms in total. The minimum atomic E-state index is -0.0896. The van der Waals surface area contributed by atoms with Crippen molar-refractivity contribution in [1.29, 1.82) is 0 Å². The van der Waals surface area contributed by atoms with Crippen molar-refractivity contribution in [2.75, 3.05) is 6.54 Å². The third-order valence-electron chi connectivity index (χ3n) is 3.74. The molecule has 1 fully saturated rings. The van der Waals surface area contributed by atoms with Gasteiger partial charge in [0.25, 0.3) is 5.91 Å². The Morgan fingerprint density at radius 3 is 2.83 bits per heavy atom. The summed E-state index contributed by atoms with van der Waals surface area (Å²) in [5.41, 5.74) is 0.552. The lowest BCUT2D eigenvalue weighted by Crippen LogP contribution is -2.51. The quantitative estimate of drug-likeness (QED) is 0.865. The standard InChI is InChI=1S/C14H18N6O.2ClH/c1-10-12(3-2-6-16-10)19-14(21)11-4-5-13(17-7-11)20-9-15-8-18-20;;/h4-5,7-10,12,16H,2-3,6H2,1H3,(H,19,21);2*1H. The smallest absolute Gasteiger partial charge is 0.253 e. The zero-order valence-corrected chi connectivity index (χ0v) is 14.3. The number of aromatic nitrogens is 4. The van der Waals surface area contributed by atoms with Crippen molar-refractivity contribution in [3.05, 3.63) is 36.5 Å². The molecule has 3 heterocycles. The van der Waals surface area contributed by atoms with Gasteiger partial charge in [0.2, 0.25) is 0 Å². The molecule has 0 saturated carbocycles. The number of nitrogens with one attached hydrogen (secondary N) is 2. The van der Waals surface area contributed by atoms with Gasteiger partial charge in [-0.25, -0.2) is 14.6 Å². The maximum Gasteiger partial charge on any atom is 0.253 e. The molecule has 2 N–H and O–H groups in total. The van der Waals surface area contributed by atoms with Crippen LogP contribution in [-0.4, -0.2) is 44.3 Å². The van der Waals surface area contributed by atoms with Gasteiger partial charge in [-0.05, 0) is 38.4 Å². The predicted octanol–water partition coefficient (Wildman–Crippen LogP) is 1.38. The zero-order chi connectivity index (χ0) is 14.7. The molecule has 126 valence electrons. The third kappa shape index (κ3) is 4.63. The number of rotatable bonds is 3. The van der Waals surface area contributed by atoms with E-state index in [1.54, 1.807) is 29.3 Å². The van der Waals surface area contributed by atoms with Crippen molar-refractivity contribution in [1.82, 2.24) is 30.4 Å². The largest absolute Gasteiger partial charge is 0.348 e. The highest BCUT2D eigenvalue weighted by molar-refractivity contribution is 5.94. The summed E-state index contributed by atoms with van der Waals surface area (Å²) in [4.78, 5) is 20.3. The van der Waals surface area contributed by atoms with E-state index < -0.39 is 0 Å². The van der Waals surface area contributed by atoms with E-state index >= 15 is 0 Å². The summed E-state index contributed by atoms with van der Waals surface area (Å²) in [5.74, 6) is 0.546. The van der Waals surface area contributed by atoms with Crippen LogP contribution in [0.4, 0.5) is 0 Å². The number of amides is 1. The van der Waals surface area contributed by atoms with Gasteiger partial charge in [0.15, 0.2) is 5.82 Å². The molecule has 0 bridgehead atoms. The van der Waals surface area contributed by atoms with Gasteiger partial charge in [0, 0.05) is 18.3 Å². The van der Waals surface area contributed by atoms with Crippen LogP contribution in [0.3, 0.4) is 0 Å². The molecule has 3 rings (SSSR count). The Morgan fingerprint density at radius 1 is 1.39 bits per heavy atom. The van der Waals surface area contributed by atoms with Gasteiger partial charge in [-0.1, -0.05) is 0 Å². The number of pyridine rings is 1. The second-order valence-corrected chi connectivity index (χ2v) is 5.21. The van der Waals surface area contributed by atoms with E-state index in [1.807, 2.05) is 0 Å². The van der Waals surface area contributed by atoms with Crippen molar-refractivity contribution in [2.24, 2.45) is 0 Å². The van der Waals surface area contributed by atoms with Crippen LogP contribution in [0, 0.1) is 0 Å². The number of hydrogen-bond donors (Lipinski definition) is 2. The van der Waals surface area contributed by atoms with Crippen molar-refractivity contribution < 1.29 is 4.79 Å². The zero-order valence-electron chi connectivity index (χ0n) is 12.7. The molecule has 2 aromatic rings. The lowest BCUT2D eigenvalue weighted by Gasteiger charge is -2.30. The van der Waals surface area contributed by atoms with E-state index in [0.717, 1.165) is 19.4 Å². The molecule has 0 spiro atoms. The van der Waals surface area contributed by atoms with Crippen LogP contribution in [-0.2, 0) is 0 Å². The van der Waals surface area contributed by atoms with E-state index in [1.165, 1.54) is 6.33 Å². The minimum absolute atomic E-state index is 0. The van der Waals surface area contributed by atoms with Crippen LogP contribution in [0.25, 0.3) is 5.82 Å². The molecular weight excluding hydrogens is 339 g/mol. The molecule has 0 aliphatic carbocycles. The molecule has 1 aliphatic rings. The van der Waals surface area contributed by atoms with Crippen molar-refractivity contribution in [3.8, 4) is 5.82 Å². The van der Waals surface area contributed by atoms with Crippen molar-refractivity contribution in [3.63, 3.8) is 0 Å². The maximum absolute atomic E-state index is 12.2. The summed E-state index contributed by atoms with van der Waals surface area (Å²) >= 11 is 0. The van der Waals surface area contributed by atoms with E-state index in [-0.39, 0.29) is 36.8 Å². The highest BCUT2D eigenvalue weighted by atomic mass is 35.5. The first kappa shape index (κ1) is 19.3. The Morgan fingerprint density at radius 2 is 2.22 bits per heavy atom. The number of piperidine rings is 1. The molecule has 1 amide bonds. The fourth-order valence-electron chi connectivity index (χ4n) is 2.48. The lowest BCUT2D eigenvalue weighted by atomic mass is 9.99. The summed E-state index contributed by atoms with van der Waals surface area (Å²) in [6, 6.07) is 3.97. The number of halogens is 2. The van der Waals surface area contributed by atoms with Crippen LogP contribution in [0.2, 0.25) is 0 Å². The van der Waals surface area contributed by atoms with Gasteiger partial charge in [0.1, 0.15) is 12.7 Å². The first-order valence-electron chi connectivity index (χ1n) is 7.09. The fourth-order valence-corrected chi connectivity index (χ4v) is 2.48. The Bertz CT molecular complexity index is 604. The number of carbonyl (C=O) groups is 1. The van der Waals surface area contributed by atoms with E-state index in [4.69, 9.17) is 0 Å². The van der Waals surface area contributed by atoms with Crippen LogP contribution in [0.15, 0.2) is 31.0 Å². The van der Waals surface area contributed by atoms with Crippen molar-refractivity contribution >= 4 is 30.7 Å². The molecule has 2 unspecified atom stereocenters. The minimum Gasteiger partial charge on any atom is -0.348 e. The summed E-state index contributed by atoms with van der Waals surface area (Å²) in [6.07, 6.45) is 6.66. The van der Waals surface area contributed by atoms with Crippen LogP contribution in [0.5, 0.6) is 0 Å². The number of nitrogens with zero attached hydrogens (tertiary/aromatic N) is 4. The van der Waals surface area contributed by atoms with Crippen LogP contribution < -0.4 is 10.6 Å². The summed E-state index contributed by atoms with van der Waals surface area (Å²) in [6.45, 7) is 3.11. The Kier molecular flexibility index (Phi) is 7.41. The summed E-state index contributed by atoms with van der Waals surface area (Å²) < 4.78 is 1.55. The first-order chi connectivity index (χ1) is 10.2. The predicted molar refractivity (Wildman–Crippen MR) is 91.6 cm³/mol. The van der Waals surface area contributed by atoms with Crippen molar-refractivity contribution in [2.45, 2.75) is 31.8 Å². The molecular formula is C14H20Cl2N6O. The molecule has 0 aromatic carbocycles. The normalized spacial score (nSPS) is 20.0. The highest BCUT2D eigenvalue weighted by Crippen LogP contribution is 2.10. The fraction of sp³-hybridized carbons (Fsp3) is 0.429. The van der Waals surface area contributed by atoms with Crippen LogP contribution in [0.1, 0.15) is 30.1 Å².